The number of hydrogen-bond acceptors (Lipinski definition) is 5. The number of carbonyl (C=O) groups excluding carboxylic acids is 3. The fourth-order valence-corrected chi connectivity index (χ4v) is 1.78. The minimum Gasteiger partial charge on any atom is -0.344 e. The molecule has 0 aromatic heterocycles. The van der Waals surface area contributed by atoms with Gasteiger partial charge in [0.2, 0.25) is 5.91 Å². The van der Waals surface area contributed by atoms with Crippen LogP contribution in [0.1, 0.15) is 60.1 Å². The number of nitrogens with one attached hydrogen (secondary N) is 1. The van der Waals surface area contributed by atoms with Gasteiger partial charge < -0.3 is 5.32 Å². The predicted octanol–water partition coefficient (Wildman–Crippen LogP) is 1.27. The van der Waals surface area contributed by atoms with Gasteiger partial charge in [0.15, 0.2) is 5.78 Å². The van der Waals surface area contributed by atoms with Crippen LogP contribution in [0.5, 0.6) is 0 Å². The van der Waals surface area contributed by atoms with E-state index in [2.05, 4.69) is 10.2 Å². The number of amides is 1. The molecule has 0 aliphatic carbocycles. The first-order valence-corrected chi connectivity index (χ1v) is 6.99. The van der Waals surface area contributed by atoms with E-state index in [4.69, 9.17) is 7.27 Å². The molecule has 1 amide bonds. The number of rotatable bonds is 12. The molecule has 116 valence electrons. The molecule has 0 radical (unpaired) electrons. The van der Waals surface area contributed by atoms with Gasteiger partial charge in [-0.3, -0.25) is 19.2 Å². The summed E-state index contributed by atoms with van der Waals surface area (Å²) in [5, 5.41) is 2.53. The first-order valence-electron chi connectivity index (χ1n) is 7.70. The Hall–Kier alpha value is -1.27. The van der Waals surface area contributed by atoms with E-state index in [9.17, 15) is 14.4 Å². The molecule has 0 spiro atoms. The second kappa shape index (κ2) is 11.5. The predicted molar refractivity (Wildman–Crippen MR) is 75.8 cm³/mol. The molecule has 1 unspecified atom stereocenters. The summed E-state index contributed by atoms with van der Waals surface area (Å²) in [6.45, 7) is 1.84. The van der Waals surface area contributed by atoms with Crippen molar-refractivity contribution in [3.8, 4) is 0 Å². The zero-order chi connectivity index (χ0) is 16.1. The monoisotopic (exact) mass is 287 g/mol. The lowest BCUT2D eigenvalue weighted by Crippen LogP contribution is -2.43. The average molecular weight is 287 g/mol. The van der Waals surface area contributed by atoms with Gasteiger partial charge in [-0.05, 0) is 19.3 Å². The van der Waals surface area contributed by atoms with Crippen LogP contribution < -0.4 is 11.2 Å². The third kappa shape index (κ3) is 8.77. The van der Waals surface area contributed by atoms with E-state index in [0.29, 0.717) is 12.8 Å². The lowest BCUT2D eigenvalue weighted by atomic mass is 10.00. The van der Waals surface area contributed by atoms with E-state index in [1.807, 2.05) is 6.92 Å². The van der Waals surface area contributed by atoms with Gasteiger partial charge in [-0.2, -0.15) is 0 Å². The van der Waals surface area contributed by atoms with Crippen LogP contribution in [0.3, 0.4) is 0 Å². The SMILES string of the molecule is [2H]CCCC(=O)C(CCC(=O)CCCC)NC(=O)CON. The molecule has 20 heavy (non-hydrogen) atoms. The van der Waals surface area contributed by atoms with Crippen LogP contribution in [0.2, 0.25) is 0 Å². The number of nitrogens with two attached hydrogens (primary N) is 1. The summed E-state index contributed by atoms with van der Waals surface area (Å²) in [6, 6.07) is -0.704. The average Bonchev–Trinajstić information content (AvgIpc) is 2.46. The minimum absolute atomic E-state index is 0.0967. The fraction of sp³-hybridized carbons (Fsp3) is 0.786. The van der Waals surface area contributed by atoms with E-state index in [1.165, 1.54) is 0 Å². The fourth-order valence-electron chi connectivity index (χ4n) is 1.78. The maximum absolute atomic E-state index is 12.0. The van der Waals surface area contributed by atoms with Crippen LogP contribution in [0.25, 0.3) is 0 Å². The van der Waals surface area contributed by atoms with Crippen molar-refractivity contribution >= 4 is 17.5 Å². The highest BCUT2D eigenvalue weighted by Crippen LogP contribution is 2.07. The lowest BCUT2D eigenvalue weighted by Gasteiger charge is -2.17. The molecule has 0 fully saturated rings. The maximum Gasteiger partial charge on any atom is 0.248 e. The molecule has 0 aliphatic heterocycles. The standard InChI is InChI=1S/C14H26N2O4/c1-3-5-7-11(17)8-9-12(13(18)6-4-2)16-14(19)10-20-15/h12H,3-10,15H2,1-2H3,(H,16,19)/i2D. The van der Waals surface area contributed by atoms with Gasteiger partial charge >= 0.3 is 0 Å². The van der Waals surface area contributed by atoms with Gasteiger partial charge in [0, 0.05) is 20.6 Å². The molecule has 6 heteroatoms. The van der Waals surface area contributed by atoms with Gasteiger partial charge in [-0.1, -0.05) is 20.2 Å². The summed E-state index contributed by atoms with van der Waals surface area (Å²) < 4.78 is 7.06. The number of hydrogen-bond donors (Lipinski definition) is 2. The number of Topliss-reactive ketones (excluding diaryl/α,β-unsaturated/α-hetero) is 2. The van der Waals surface area contributed by atoms with Crippen molar-refractivity contribution in [2.45, 2.75) is 64.8 Å². The van der Waals surface area contributed by atoms with E-state index in [-0.39, 0.29) is 44.3 Å². The number of carbonyl (C=O) groups is 3. The van der Waals surface area contributed by atoms with E-state index < -0.39 is 11.9 Å². The van der Waals surface area contributed by atoms with Crippen LogP contribution >= 0.6 is 0 Å². The number of unbranched alkanes of at least 4 members (excludes halogenated alkanes) is 1. The van der Waals surface area contributed by atoms with Crippen LogP contribution in [-0.4, -0.2) is 30.1 Å². The first-order chi connectivity index (χ1) is 10.0. The van der Waals surface area contributed by atoms with Gasteiger partial charge in [0.05, 0.1) is 6.04 Å². The zero-order valence-electron chi connectivity index (χ0n) is 13.2. The summed E-state index contributed by atoms with van der Waals surface area (Å²) in [5.74, 6) is 4.27. The van der Waals surface area contributed by atoms with E-state index in [0.717, 1.165) is 12.8 Å². The Kier molecular flexibility index (Phi) is 9.69. The topological polar surface area (TPSA) is 98.5 Å². The molecule has 0 bridgehead atoms. The zero-order valence-corrected chi connectivity index (χ0v) is 12.2. The quantitative estimate of drug-likeness (QED) is 0.527. The Balaban J connectivity index is 4.39. The molecule has 3 N–H and O–H groups in total. The Morgan fingerprint density at radius 3 is 2.60 bits per heavy atom. The van der Waals surface area contributed by atoms with Crippen LogP contribution in [0.4, 0.5) is 0 Å². The van der Waals surface area contributed by atoms with Gasteiger partial charge in [-0.15, -0.1) is 0 Å². The lowest BCUT2D eigenvalue weighted by molar-refractivity contribution is -0.131. The van der Waals surface area contributed by atoms with Crippen molar-refractivity contribution in [2.24, 2.45) is 5.90 Å². The molecular weight excluding hydrogens is 260 g/mol. The molecule has 0 aliphatic rings. The smallest absolute Gasteiger partial charge is 0.248 e. The highest BCUT2D eigenvalue weighted by Gasteiger charge is 2.20. The van der Waals surface area contributed by atoms with Gasteiger partial charge in [-0.25, -0.2) is 5.90 Å². The summed E-state index contributed by atoms with van der Waals surface area (Å²) in [6.07, 6.45) is 3.51. The largest absolute Gasteiger partial charge is 0.344 e. The Bertz CT molecular complexity index is 337. The number of ketones is 2. The molecule has 0 aromatic carbocycles. The van der Waals surface area contributed by atoms with Crippen molar-refractivity contribution in [2.75, 3.05) is 6.61 Å². The normalized spacial score (nSPS) is 12.6. The molecule has 0 aromatic rings. The maximum atomic E-state index is 12.0. The third-order valence-corrected chi connectivity index (χ3v) is 2.88. The van der Waals surface area contributed by atoms with Crippen LogP contribution in [0.15, 0.2) is 0 Å². The van der Waals surface area contributed by atoms with E-state index >= 15 is 0 Å². The first kappa shape index (κ1) is 16.8. The molecular formula is C14H26N2O4. The molecule has 6 nitrogen and oxygen atoms in total. The van der Waals surface area contributed by atoms with E-state index in [1.54, 1.807) is 0 Å². The Morgan fingerprint density at radius 1 is 1.25 bits per heavy atom. The van der Waals surface area contributed by atoms with Crippen molar-refractivity contribution < 1.29 is 20.6 Å². The highest BCUT2D eigenvalue weighted by atomic mass is 16.6. The van der Waals surface area contributed by atoms with Crippen molar-refractivity contribution in [3.05, 3.63) is 0 Å². The highest BCUT2D eigenvalue weighted by molar-refractivity contribution is 5.90. The van der Waals surface area contributed by atoms with Crippen molar-refractivity contribution in [1.29, 1.82) is 0 Å². The summed E-state index contributed by atoms with van der Waals surface area (Å²) in [4.78, 5) is 39.3. The molecule has 1 atom stereocenters. The Morgan fingerprint density at radius 2 is 2.00 bits per heavy atom. The van der Waals surface area contributed by atoms with Crippen LogP contribution in [-0.2, 0) is 19.2 Å². The third-order valence-electron chi connectivity index (χ3n) is 2.88. The molecule has 0 saturated carbocycles. The van der Waals surface area contributed by atoms with Crippen molar-refractivity contribution in [3.63, 3.8) is 0 Å². The summed E-state index contributed by atoms with van der Waals surface area (Å²) >= 11 is 0. The second-order valence-corrected chi connectivity index (χ2v) is 4.68. The van der Waals surface area contributed by atoms with Gasteiger partial charge in [0.25, 0.3) is 0 Å². The van der Waals surface area contributed by atoms with Crippen LogP contribution in [0, 0.1) is 0 Å². The second-order valence-electron chi connectivity index (χ2n) is 4.68. The van der Waals surface area contributed by atoms with Gasteiger partial charge in [0.1, 0.15) is 12.4 Å². The Labute approximate surface area is 121 Å². The molecule has 0 saturated heterocycles. The molecule has 0 rings (SSSR count). The minimum atomic E-state index is -0.704. The molecule has 0 heterocycles. The summed E-state index contributed by atoms with van der Waals surface area (Å²) in [7, 11) is 0. The summed E-state index contributed by atoms with van der Waals surface area (Å²) in [5.41, 5.74) is 0. The van der Waals surface area contributed by atoms with Crippen molar-refractivity contribution in [1.82, 2.24) is 5.32 Å².